The molecule has 1 N–H and O–H groups in total. The zero-order chi connectivity index (χ0) is 24.5. The quantitative estimate of drug-likeness (QED) is 0.584. The average molecular weight is 474 g/mol. The average Bonchev–Trinajstić information content (AvgIpc) is 3.19. The second kappa shape index (κ2) is 10.1. The minimum absolute atomic E-state index is 0.191. The van der Waals surface area contributed by atoms with E-state index in [0.717, 1.165) is 49.6 Å². The number of amides is 1. The molecule has 1 aromatic heterocycles. The van der Waals surface area contributed by atoms with Gasteiger partial charge >= 0.3 is 0 Å². The first-order valence-corrected chi connectivity index (χ1v) is 12.5. The van der Waals surface area contributed by atoms with Gasteiger partial charge in [-0.2, -0.15) is 0 Å². The molecule has 1 saturated carbocycles. The molecule has 1 saturated heterocycles. The van der Waals surface area contributed by atoms with E-state index in [-0.39, 0.29) is 30.8 Å². The zero-order valence-electron chi connectivity index (χ0n) is 20.7. The van der Waals surface area contributed by atoms with E-state index in [4.69, 9.17) is 0 Å². The van der Waals surface area contributed by atoms with Crippen molar-refractivity contribution in [2.24, 2.45) is 5.92 Å². The largest absolute Gasteiger partial charge is 0.349 e. The number of aryl methyl sites for hydroxylation is 1. The van der Waals surface area contributed by atoms with E-state index in [0.29, 0.717) is 12.0 Å². The Kier molecular flexibility index (Phi) is 7.36. The summed E-state index contributed by atoms with van der Waals surface area (Å²) in [5, 5.41) is 11.8. The predicted molar refractivity (Wildman–Crippen MR) is 128 cm³/mol. The lowest BCUT2D eigenvalue weighted by Crippen LogP contribution is -2.47. The molecule has 1 aliphatic heterocycles. The number of nitrogens with one attached hydrogen (secondary N) is 1. The van der Waals surface area contributed by atoms with E-state index in [1.54, 1.807) is 0 Å². The van der Waals surface area contributed by atoms with Crippen molar-refractivity contribution in [3.8, 4) is 0 Å². The molecule has 2 aliphatic rings. The van der Waals surface area contributed by atoms with Gasteiger partial charge in [-0.3, -0.25) is 4.79 Å². The maximum absolute atomic E-state index is 13.3. The van der Waals surface area contributed by atoms with Crippen molar-refractivity contribution in [1.29, 1.82) is 0 Å². The number of piperidine rings is 1. The molecule has 2 fully saturated rings. The lowest BCUT2D eigenvalue weighted by molar-refractivity contribution is -0.151. The molecule has 0 spiro atoms. The van der Waals surface area contributed by atoms with Gasteiger partial charge in [0, 0.05) is 49.9 Å². The van der Waals surface area contributed by atoms with Gasteiger partial charge in [0.25, 0.3) is 0 Å². The fourth-order valence-corrected chi connectivity index (χ4v) is 5.41. The van der Waals surface area contributed by atoms with E-state index in [1.165, 1.54) is 0 Å². The first-order chi connectivity index (χ1) is 16.1. The third-order valence-electron chi connectivity index (χ3n) is 7.45. The molecular formula is C26H37F2N5O. The van der Waals surface area contributed by atoms with Gasteiger partial charge in [-0.25, -0.2) is 8.78 Å². The van der Waals surface area contributed by atoms with Crippen LogP contribution in [0.3, 0.4) is 0 Å². The number of nitrogens with zero attached hydrogens (tertiary/aromatic N) is 4. The van der Waals surface area contributed by atoms with Crippen molar-refractivity contribution in [1.82, 2.24) is 25.0 Å². The topological polar surface area (TPSA) is 63.1 Å². The molecule has 2 atom stereocenters. The summed E-state index contributed by atoms with van der Waals surface area (Å²) in [4.78, 5) is 15.2. The summed E-state index contributed by atoms with van der Waals surface area (Å²) < 4.78 is 28.9. The molecule has 34 heavy (non-hydrogen) atoms. The fourth-order valence-electron chi connectivity index (χ4n) is 5.41. The highest BCUT2D eigenvalue weighted by molar-refractivity contribution is 5.80. The third-order valence-corrected chi connectivity index (χ3v) is 7.45. The van der Waals surface area contributed by atoms with E-state index < -0.39 is 11.8 Å². The number of alkyl halides is 2. The van der Waals surface area contributed by atoms with Crippen LogP contribution in [0.4, 0.5) is 8.78 Å². The smallest absolute Gasteiger partial charge is 0.249 e. The van der Waals surface area contributed by atoms with Gasteiger partial charge < -0.3 is 14.8 Å². The fraction of sp³-hybridized carbons (Fsp3) is 0.654. The Labute approximate surface area is 201 Å². The molecule has 0 unspecified atom stereocenters. The van der Waals surface area contributed by atoms with Crippen LogP contribution in [0.2, 0.25) is 0 Å². The first kappa shape index (κ1) is 24.8. The summed E-state index contributed by atoms with van der Waals surface area (Å²) >= 11 is 0. The standard InChI is InChI=1S/C26H37F2N5O/c1-17(2)24-31-30-19(4)33(24)22-10-12-32(13-11-22)18(3)14-23(20-8-6-5-7-9-20)29-25(34)21-15-26(27,28)16-21/h5-9,17-18,21-23H,10-16H2,1-4H3,(H,29,34)/t18-,23+/m1/s1. The monoisotopic (exact) mass is 473 g/mol. The predicted octanol–water partition coefficient (Wildman–Crippen LogP) is 5.03. The van der Waals surface area contributed by atoms with Gasteiger partial charge in [-0.15, -0.1) is 10.2 Å². The summed E-state index contributed by atoms with van der Waals surface area (Å²) in [5.74, 6) is -1.17. The second-order valence-corrected chi connectivity index (χ2v) is 10.4. The zero-order valence-corrected chi connectivity index (χ0v) is 20.7. The summed E-state index contributed by atoms with van der Waals surface area (Å²) in [6.07, 6.45) is 2.12. The van der Waals surface area contributed by atoms with Crippen molar-refractivity contribution in [3.63, 3.8) is 0 Å². The first-order valence-electron chi connectivity index (χ1n) is 12.5. The molecule has 2 aromatic rings. The summed E-state index contributed by atoms with van der Waals surface area (Å²) in [6, 6.07) is 10.3. The van der Waals surface area contributed by atoms with Crippen LogP contribution < -0.4 is 5.32 Å². The highest BCUT2D eigenvalue weighted by atomic mass is 19.3. The number of hydrogen-bond donors (Lipinski definition) is 1. The molecule has 1 amide bonds. The van der Waals surface area contributed by atoms with Crippen molar-refractivity contribution < 1.29 is 13.6 Å². The number of aromatic nitrogens is 3. The van der Waals surface area contributed by atoms with Crippen molar-refractivity contribution in [2.75, 3.05) is 13.1 Å². The highest BCUT2D eigenvalue weighted by Crippen LogP contribution is 2.42. The van der Waals surface area contributed by atoms with Gasteiger partial charge in [0.05, 0.1) is 6.04 Å². The third kappa shape index (κ3) is 5.48. The van der Waals surface area contributed by atoms with Crippen LogP contribution in [-0.4, -0.2) is 50.6 Å². The lowest BCUT2D eigenvalue weighted by Gasteiger charge is -2.39. The Morgan fingerprint density at radius 3 is 2.35 bits per heavy atom. The Hall–Kier alpha value is -2.35. The van der Waals surface area contributed by atoms with Crippen molar-refractivity contribution in [3.05, 3.63) is 47.5 Å². The number of carbonyl (C=O) groups is 1. The van der Waals surface area contributed by atoms with Gasteiger partial charge in [0.2, 0.25) is 11.8 Å². The Bertz CT molecular complexity index is 961. The molecule has 6 nitrogen and oxygen atoms in total. The summed E-state index contributed by atoms with van der Waals surface area (Å²) in [5.41, 5.74) is 1.02. The van der Waals surface area contributed by atoms with Crippen LogP contribution in [-0.2, 0) is 4.79 Å². The van der Waals surface area contributed by atoms with Crippen LogP contribution in [0.1, 0.15) is 88.1 Å². The molecular weight excluding hydrogens is 436 g/mol. The van der Waals surface area contributed by atoms with Gasteiger partial charge in [0.15, 0.2) is 0 Å². The minimum atomic E-state index is -2.69. The van der Waals surface area contributed by atoms with Crippen molar-refractivity contribution >= 4 is 5.91 Å². The van der Waals surface area contributed by atoms with Crippen LogP contribution in [0, 0.1) is 12.8 Å². The maximum Gasteiger partial charge on any atom is 0.249 e. The molecule has 0 bridgehead atoms. The van der Waals surface area contributed by atoms with Gasteiger partial charge in [-0.05, 0) is 38.7 Å². The molecule has 2 heterocycles. The molecule has 1 aliphatic carbocycles. The van der Waals surface area contributed by atoms with Gasteiger partial charge in [0.1, 0.15) is 11.6 Å². The van der Waals surface area contributed by atoms with Crippen molar-refractivity contribution in [2.45, 2.75) is 89.8 Å². The number of carbonyl (C=O) groups excluding carboxylic acids is 1. The molecule has 1 aromatic carbocycles. The number of rotatable bonds is 8. The summed E-state index contributed by atoms with van der Waals surface area (Å²) in [7, 11) is 0. The number of benzene rings is 1. The van der Waals surface area contributed by atoms with Crippen LogP contribution in [0.25, 0.3) is 0 Å². The Morgan fingerprint density at radius 2 is 1.76 bits per heavy atom. The summed E-state index contributed by atoms with van der Waals surface area (Å²) in [6.45, 7) is 10.5. The number of likely N-dealkylation sites (tertiary alicyclic amines) is 1. The van der Waals surface area contributed by atoms with E-state index in [9.17, 15) is 13.6 Å². The Morgan fingerprint density at radius 1 is 1.12 bits per heavy atom. The van der Waals surface area contributed by atoms with Crippen LogP contribution in [0.15, 0.2) is 30.3 Å². The van der Waals surface area contributed by atoms with Crippen LogP contribution in [0.5, 0.6) is 0 Å². The SMILES string of the molecule is Cc1nnc(C(C)C)n1C1CCN([C@H](C)C[C@H](NC(=O)C2CC(F)(F)C2)c2ccccc2)CC1. The lowest BCUT2D eigenvalue weighted by atomic mass is 9.80. The van der Waals surface area contributed by atoms with E-state index >= 15 is 0 Å². The van der Waals surface area contributed by atoms with E-state index in [2.05, 4.69) is 45.8 Å². The number of hydrogen-bond acceptors (Lipinski definition) is 4. The molecule has 4 rings (SSSR count). The number of halogens is 2. The Balaban J connectivity index is 1.38. The minimum Gasteiger partial charge on any atom is -0.349 e. The van der Waals surface area contributed by atoms with E-state index in [1.807, 2.05) is 37.3 Å². The second-order valence-electron chi connectivity index (χ2n) is 10.4. The normalized spacial score (nSPS) is 21.3. The molecule has 186 valence electrons. The maximum atomic E-state index is 13.3. The molecule has 0 radical (unpaired) electrons. The van der Waals surface area contributed by atoms with Gasteiger partial charge in [-0.1, -0.05) is 44.2 Å². The molecule has 8 heteroatoms. The highest BCUT2D eigenvalue weighted by Gasteiger charge is 2.49. The van der Waals surface area contributed by atoms with Crippen LogP contribution >= 0.6 is 0 Å².